The average Bonchev–Trinajstić information content (AvgIpc) is 3.30. The fourth-order valence-corrected chi connectivity index (χ4v) is 4.84. The van der Waals surface area contributed by atoms with Gasteiger partial charge in [-0.15, -0.1) is 0 Å². The molecule has 0 fully saturated rings. The van der Waals surface area contributed by atoms with Crippen LogP contribution < -0.4 is 19.1 Å². The van der Waals surface area contributed by atoms with Crippen molar-refractivity contribution in [1.29, 1.82) is 0 Å². The highest BCUT2D eigenvalue weighted by atomic mass is 32.2. The first-order chi connectivity index (χ1) is 15.9. The summed E-state index contributed by atoms with van der Waals surface area (Å²) in [5, 5.41) is 3.04. The lowest BCUT2D eigenvalue weighted by Gasteiger charge is -2.26. The number of carbonyl (C=O) groups excluding carboxylic acids is 1. The second-order valence-corrected chi connectivity index (χ2v) is 9.89. The van der Waals surface area contributed by atoms with Crippen LogP contribution in [0.2, 0.25) is 0 Å². The van der Waals surface area contributed by atoms with Crippen molar-refractivity contribution in [3.05, 3.63) is 89.5 Å². The number of carbonyl (C=O) groups is 1. The third-order valence-electron chi connectivity index (χ3n) is 5.57. The van der Waals surface area contributed by atoms with Gasteiger partial charge in [0.05, 0.1) is 17.5 Å². The topological polar surface area (TPSA) is 84.9 Å². The van der Waals surface area contributed by atoms with Gasteiger partial charge in [0, 0.05) is 6.07 Å². The summed E-state index contributed by atoms with van der Waals surface area (Å²) in [7, 11) is -3.72. The third kappa shape index (κ3) is 4.96. The maximum Gasteiger partial charge on any atom is 0.241 e. The summed E-state index contributed by atoms with van der Waals surface area (Å²) in [6.07, 6.45) is 0. The molecule has 1 unspecified atom stereocenters. The van der Waals surface area contributed by atoms with E-state index in [0.717, 1.165) is 21.0 Å². The number of rotatable bonds is 8. The first kappa shape index (κ1) is 22.7. The van der Waals surface area contributed by atoms with Gasteiger partial charge in [0.25, 0.3) is 0 Å². The summed E-state index contributed by atoms with van der Waals surface area (Å²) in [5.41, 5.74) is 3.24. The molecule has 1 aliphatic heterocycles. The zero-order valence-corrected chi connectivity index (χ0v) is 19.3. The van der Waals surface area contributed by atoms with Gasteiger partial charge in [-0.2, -0.15) is 0 Å². The SMILES string of the molecule is CCS(=O)(=O)N(CC(=O)NC(c1ccccc1)c1ccccc1C)c1ccc2c(c1)OCO2. The van der Waals surface area contributed by atoms with Crippen molar-refractivity contribution in [2.45, 2.75) is 19.9 Å². The Hall–Kier alpha value is -3.52. The minimum Gasteiger partial charge on any atom is -0.454 e. The van der Waals surface area contributed by atoms with Gasteiger partial charge in [-0.3, -0.25) is 9.10 Å². The van der Waals surface area contributed by atoms with Gasteiger partial charge in [0.2, 0.25) is 22.7 Å². The van der Waals surface area contributed by atoms with Crippen molar-refractivity contribution in [2.24, 2.45) is 0 Å². The summed E-state index contributed by atoms with van der Waals surface area (Å²) in [6, 6.07) is 21.9. The number of anilines is 1. The number of nitrogens with zero attached hydrogens (tertiary/aromatic N) is 1. The molecule has 0 saturated carbocycles. The number of hydrogen-bond donors (Lipinski definition) is 1. The van der Waals surface area contributed by atoms with Crippen LogP contribution in [0.5, 0.6) is 11.5 Å². The van der Waals surface area contributed by atoms with Gasteiger partial charge in [0.15, 0.2) is 11.5 Å². The Balaban J connectivity index is 1.64. The number of hydrogen-bond acceptors (Lipinski definition) is 5. The molecule has 3 aromatic rings. The third-order valence-corrected chi connectivity index (χ3v) is 7.31. The van der Waals surface area contributed by atoms with Crippen molar-refractivity contribution in [2.75, 3.05) is 23.4 Å². The Morgan fingerprint density at radius 2 is 1.70 bits per heavy atom. The van der Waals surface area contributed by atoms with Crippen LogP contribution >= 0.6 is 0 Å². The molecule has 8 heteroatoms. The van der Waals surface area contributed by atoms with Crippen LogP contribution in [-0.4, -0.2) is 33.4 Å². The van der Waals surface area contributed by atoms with E-state index in [4.69, 9.17) is 9.47 Å². The zero-order valence-electron chi connectivity index (χ0n) is 18.5. The van der Waals surface area contributed by atoms with Gasteiger partial charge in [0.1, 0.15) is 6.54 Å². The molecule has 1 N–H and O–H groups in total. The molecule has 1 atom stereocenters. The minimum absolute atomic E-state index is 0.0784. The van der Waals surface area contributed by atoms with E-state index in [0.29, 0.717) is 17.2 Å². The smallest absolute Gasteiger partial charge is 0.241 e. The minimum atomic E-state index is -3.72. The molecular formula is C25H26N2O5S. The lowest BCUT2D eigenvalue weighted by atomic mass is 9.95. The van der Waals surface area contributed by atoms with E-state index in [9.17, 15) is 13.2 Å². The van der Waals surface area contributed by atoms with Gasteiger partial charge in [-0.05, 0) is 42.7 Å². The molecule has 0 saturated heterocycles. The quantitative estimate of drug-likeness (QED) is 0.546. The highest BCUT2D eigenvalue weighted by molar-refractivity contribution is 7.92. The highest BCUT2D eigenvalue weighted by Gasteiger charge is 2.27. The number of sulfonamides is 1. The van der Waals surface area contributed by atoms with Crippen LogP contribution in [0.15, 0.2) is 72.8 Å². The Morgan fingerprint density at radius 3 is 2.42 bits per heavy atom. The fourth-order valence-electron chi connectivity index (χ4n) is 3.78. The average molecular weight is 467 g/mol. The Kier molecular flexibility index (Phi) is 6.55. The van der Waals surface area contributed by atoms with E-state index >= 15 is 0 Å². The molecule has 0 radical (unpaired) electrons. The maximum atomic E-state index is 13.2. The van der Waals surface area contributed by atoms with Crippen LogP contribution in [0, 0.1) is 6.92 Å². The van der Waals surface area contributed by atoms with Crippen molar-refractivity contribution in [3.8, 4) is 11.5 Å². The first-order valence-electron chi connectivity index (χ1n) is 10.7. The van der Waals surface area contributed by atoms with Crippen molar-refractivity contribution < 1.29 is 22.7 Å². The number of aryl methyl sites for hydroxylation is 1. The standard InChI is InChI=1S/C25H26N2O5S/c1-3-33(29,30)27(20-13-14-22-23(15-20)32-17-31-22)16-24(28)26-25(19-10-5-4-6-11-19)21-12-8-7-9-18(21)2/h4-15,25H,3,16-17H2,1-2H3,(H,26,28). The second kappa shape index (κ2) is 9.54. The number of fused-ring (bicyclic) bond motifs is 1. The van der Waals surface area contributed by atoms with Crippen LogP contribution in [0.3, 0.4) is 0 Å². The van der Waals surface area contributed by atoms with Crippen molar-refractivity contribution in [3.63, 3.8) is 0 Å². The zero-order chi connectivity index (χ0) is 23.4. The summed E-state index contributed by atoms with van der Waals surface area (Å²) in [6.45, 7) is 3.26. The lowest BCUT2D eigenvalue weighted by molar-refractivity contribution is -0.120. The highest BCUT2D eigenvalue weighted by Crippen LogP contribution is 2.36. The molecule has 33 heavy (non-hydrogen) atoms. The van der Waals surface area contributed by atoms with E-state index in [1.54, 1.807) is 25.1 Å². The summed E-state index contributed by atoms with van der Waals surface area (Å²) < 4.78 is 37.6. The van der Waals surface area contributed by atoms with E-state index in [-0.39, 0.29) is 19.1 Å². The Bertz CT molecular complexity index is 1240. The molecule has 0 aliphatic carbocycles. The van der Waals surface area contributed by atoms with E-state index in [1.165, 1.54) is 0 Å². The van der Waals surface area contributed by atoms with E-state index < -0.39 is 22.0 Å². The Labute approximate surface area is 194 Å². The van der Waals surface area contributed by atoms with Gasteiger partial charge < -0.3 is 14.8 Å². The molecule has 1 aliphatic rings. The predicted molar refractivity (Wildman–Crippen MR) is 127 cm³/mol. The molecule has 0 aromatic heterocycles. The molecule has 0 spiro atoms. The van der Waals surface area contributed by atoms with Gasteiger partial charge in [-0.1, -0.05) is 54.6 Å². The monoisotopic (exact) mass is 466 g/mol. The maximum absolute atomic E-state index is 13.2. The first-order valence-corrected chi connectivity index (χ1v) is 12.3. The molecule has 7 nitrogen and oxygen atoms in total. The molecule has 172 valence electrons. The molecule has 1 heterocycles. The van der Waals surface area contributed by atoms with Crippen molar-refractivity contribution >= 4 is 21.6 Å². The predicted octanol–water partition coefficient (Wildman–Crippen LogP) is 3.79. The number of ether oxygens (including phenoxy) is 2. The molecular weight excluding hydrogens is 440 g/mol. The number of amides is 1. The number of nitrogens with one attached hydrogen (secondary N) is 1. The normalized spacial score (nSPS) is 13.4. The summed E-state index contributed by atoms with van der Waals surface area (Å²) >= 11 is 0. The summed E-state index contributed by atoms with van der Waals surface area (Å²) in [5.74, 6) is 0.433. The molecule has 4 rings (SSSR count). The summed E-state index contributed by atoms with van der Waals surface area (Å²) in [4.78, 5) is 13.2. The lowest BCUT2D eigenvalue weighted by Crippen LogP contribution is -2.43. The van der Waals surface area contributed by atoms with Gasteiger partial charge >= 0.3 is 0 Å². The van der Waals surface area contributed by atoms with Crippen LogP contribution in [0.4, 0.5) is 5.69 Å². The Morgan fingerprint density at radius 1 is 1.00 bits per heavy atom. The van der Waals surface area contributed by atoms with Crippen LogP contribution in [0.25, 0.3) is 0 Å². The second-order valence-electron chi connectivity index (χ2n) is 7.71. The van der Waals surface area contributed by atoms with Gasteiger partial charge in [-0.25, -0.2) is 8.42 Å². The fraction of sp³-hybridized carbons (Fsp3) is 0.240. The molecule has 0 bridgehead atoms. The molecule has 1 amide bonds. The van der Waals surface area contributed by atoms with E-state index in [2.05, 4.69) is 5.32 Å². The van der Waals surface area contributed by atoms with E-state index in [1.807, 2.05) is 61.5 Å². The van der Waals surface area contributed by atoms with Crippen LogP contribution in [0.1, 0.15) is 29.7 Å². The van der Waals surface area contributed by atoms with Crippen LogP contribution in [-0.2, 0) is 14.8 Å². The molecule has 3 aromatic carbocycles. The largest absolute Gasteiger partial charge is 0.454 e. The number of benzene rings is 3. The van der Waals surface area contributed by atoms with Crippen molar-refractivity contribution in [1.82, 2.24) is 5.32 Å².